The molecule has 0 radical (unpaired) electrons. The number of benzene rings is 2. The predicted molar refractivity (Wildman–Crippen MR) is 162 cm³/mol. The number of nitrogens with one attached hydrogen (secondary N) is 2. The van der Waals surface area contributed by atoms with Crippen molar-refractivity contribution >= 4 is 56.5 Å². The number of nitrogens with zero attached hydrogens (tertiary/aromatic N) is 4. The quantitative estimate of drug-likeness (QED) is 0.240. The summed E-state index contributed by atoms with van der Waals surface area (Å²) in [4.78, 5) is 20.7. The van der Waals surface area contributed by atoms with E-state index in [4.69, 9.17) is 14.2 Å². The number of rotatable bonds is 6. The summed E-state index contributed by atoms with van der Waals surface area (Å²) in [6.07, 6.45) is 3.11. The second kappa shape index (κ2) is 11.6. The van der Waals surface area contributed by atoms with Crippen LogP contribution >= 0.6 is 23.7 Å². The Morgan fingerprint density at radius 2 is 1.82 bits per heavy atom. The van der Waals surface area contributed by atoms with Gasteiger partial charge in [-0.1, -0.05) is 55.5 Å². The third kappa shape index (κ3) is 6.15. The molecule has 1 aliphatic heterocycles. The SMILES string of the molecule is CC(C)(C)c1cc(NC(=O)Nc2ccc(-c3cn4c(n3)sc3ccc(CCN5CCOCC5)cc34)cc2)no1.Cl. The van der Waals surface area contributed by atoms with Crippen molar-refractivity contribution < 1.29 is 14.1 Å². The number of carbonyl (C=O) groups excluding carboxylic acids is 1. The number of hydrogen-bond acceptors (Lipinski definition) is 7. The molecule has 11 heteroatoms. The van der Waals surface area contributed by atoms with Gasteiger partial charge in [0.05, 0.1) is 29.1 Å². The zero-order valence-corrected chi connectivity index (χ0v) is 24.4. The van der Waals surface area contributed by atoms with E-state index in [-0.39, 0.29) is 23.9 Å². The van der Waals surface area contributed by atoms with Crippen LogP contribution in [0.4, 0.5) is 16.3 Å². The first-order valence-corrected chi connectivity index (χ1v) is 14.0. The minimum atomic E-state index is -0.380. The number of halogens is 1. The van der Waals surface area contributed by atoms with E-state index < -0.39 is 0 Å². The summed E-state index contributed by atoms with van der Waals surface area (Å²) >= 11 is 1.69. The molecule has 5 aromatic rings. The van der Waals surface area contributed by atoms with Gasteiger partial charge in [0, 0.05) is 48.6 Å². The van der Waals surface area contributed by atoms with E-state index >= 15 is 0 Å². The molecule has 2 aromatic carbocycles. The maximum atomic E-state index is 12.4. The topological polar surface area (TPSA) is 96.9 Å². The third-order valence-electron chi connectivity index (χ3n) is 6.91. The van der Waals surface area contributed by atoms with Crippen LogP contribution in [-0.4, -0.2) is 58.3 Å². The van der Waals surface area contributed by atoms with Gasteiger partial charge in [0.25, 0.3) is 0 Å². The molecule has 0 saturated carbocycles. The Kier molecular flexibility index (Phi) is 8.14. The fraction of sp³-hybridized carbons (Fsp3) is 0.345. The Labute approximate surface area is 242 Å². The lowest BCUT2D eigenvalue weighted by Crippen LogP contribution is -2.37. The van der Waals surface area contributed by atoms with Crippen molar-refractivity contribution in [1.82, 2.24) is 19.4 Å². The normalized spacial score (nSPS) is 14.4. The molecule has 0 unspecified atom stereocenters. The van der Waals surface area contributed by atoms with Gasteiger partial charge in [0.15, 0.2) is 10.8 Å². The lowest BCUT2D eigenvalue weighted by molar-refractivity contribution is 0.0384. The molecule has 210 valence electrons. The standard InChI is InChI=1S/C29H32N6O3S.ClH/c1-29(2,3)25-17-26(33-38-25)32-27(36)30-21-7-5-20(6-8-21)22-18-35-23-16-19(4-9-24(23)39-28(35)31-22)10-11-34-12-14-37-15-13-34;/h4-9,16-18H,10-15H2,1-3H3,(H2,30,32,33,36);1H. The molecule has 0 aliphatic carbocycles. The summed E-state index contributed by atoms with van der Waals surface area (Å²) < 4.78 is 14.2. The minimum Gasteiger partial charge on any atom is -0.379 e. The molecule has 2 amide bonds. The van der Waals surface area contributed by atoms with E-state index in [2.05, 4.69) is 49.5 Å². The van der Waals surface area contributed by atoms with Gasteiger partial charge in [-0.25, -0.2) is 9.78 Å². The van der Waals surface area contributed by atoms with E-state index in [0.717, 1.165) is 55.5 Å². The van der Waals surface area contributed by atoms with E-state index in [9.17, 15) is 4.79 Å². The number of imidazole rings is 1. The summed E-state index contributed by atoms with van der Waals surface area (Å²) in [5, 5.41) is 9.48. The molecule has 2 N–H and O–H groups in total. The van der Waals surface area contributed by atoms with Gasteiger partial charge in [-0.05, 0) is 36.2 Å². The molecule has 40 heavy (non-hydrogen) atoms. The van der Waals surface area contributed by atoms with Gasteiger partial charge in [-0.3, -0.25) is 14.6 Å². The second-order valence-corrected chi connectivity index (χ2v) is 11.9. The van der Waals surface area contributed by atoms with Crippen molar-refractivity contribution in [1.29, 1.82) is 0 Å². The summed E-state index contributed by atoms with van der Waals surface area (Å²) in [6, 6.07) is 15.7. The van der Waals surface area contributed by atoms with Crippen LogP contribution < -0.4 is 10.6 Å². The average molecular weight is 581 g/mol. The first-order valence-electron chi connectivity index (χ1n) is 13.2. The summed E-state index contributed by atoms with van der Waals surface area (Å²) in [5.74, 6) is 1.09. The second-order valence-electron chi connectivity index (χ2n) is 10.9. The van der Waals surface area contributed by atoms with Gasteiger partial charge in [0.1, 0.15) is 5.76 Å². The molecule has 1 fully saturated rings. The van der Waals surface area contributed by atoms with Gasteiger partial charge in [0.2, 0.25) is 0 Å². The minimum absolute atomic E-state index is 0. The van der Waals surface area contributed by atoms with Crippen molar-refractivity contribution in [3.8, 4) is 11.3 Å². The molecule has 1 aliphatic rings. The molecule has 3 aromatic heterocycles. The number of morpholine rings is 1. The molecular formula is C29H33ClN6O3S. The van der Waals surface area contributed by atoms with Crippen LogP contribution in [-0.2, 0) is 16.6 Å². The molecule has 1 saturated heterocycles. The van der Waals surface area contributed by atoms with Gasteiger partial charge in [-0.2, -0.15) is 0 Å². The monoisotopic (exact) mass is 580 g/mol. The Balaban J connectivity index is 0.00000323. The number of carbonyl (C=O) groups is 1. The van der Waals surface area contributed by atoms with E-state index in [1.54, 1.807) is 17.4 Å². The Morgan fingerprint density at radius 1 is 1.05 bits per heavy atom. The number of thiazole rings is 1. The highest BCUT2D eigenvalue weighted by atomic mass is 35.5. The smallest absolute Gasteiger partial charge is 0.324 e. The van der Waals surface area contributed by atoms with Crippen molar-refractivity contribution in [2.75, 3.05) is 43.5 Å². The van der Waals surface area contributed by atoms with Crippen molar-refractivity contribution in [2.24, 2.45) is 0 Å². The number of ether oxygens (including phenoxy) is 1. The number of fused-ring (bicyclic) bond motifs is 3. The van der Waals surface area contributed by atoms with Crippen molar-refractivity contribution in [3.63, 3.8) is 0 Å². The van der Waals surface area contributed by atoms with Crippen LogP contribution in [0.3, 0.4) is 0 Å². The van der Waals surface area contributed by atoms with Crippen LogP contribution in [0.2, 0.25) is 0 Å². The molecule has 0 atom stereocenters. The molecule has 9 nitrogen and oxygen atoms in total. The van der Waals surface area contributed by atoms with E-state index in [0.29, 0.717) is 17.3 Å². The number of aromatic nitrogens is 3. The fourth-order valence-corrected chi connectivity index (χ4v) is 5.63. The molecule has 4 heterocycles. The average Bonchev–Trinajstić information content (AvgIpc) is 3.63. The fourth-order valence-electron chi connectivity index (χ4n) is 4.64. The van der Waals surface area contributed by atoms with E-state index in [1.165, 1.54) is 15.8 Å². The van der Waals surface area contributed by atoms with Crippen LogP contribution in [0.5, 0.6) is 0 Å². The highest BCUT2D eigenvalue weighted by Crippen LogP contribution is 2.31. The first-order chi connectivity index (χ1) is 18.8. The maximum absolute atomic E-state index is 12.4. The highest BCUT2D eigenvalue weighted by Gasteiger charge is 2.20. The third-order valence-corrected chi connectivity index (χ3v) is 7.94. The lowest BCUT2D eigenvalue weighted by atomic mass is 9.93. The summed E-state index contributed by atoms with van der Waals surface area (Å²) in [6.45, 7) is 10.8. The van der Waals surface area contributed by atoms with Gasteiger partial charge in [-0.15, -0.1) is 12.4 Å². The molecule has 0 bridgehead atoms. The first kappa shape index (κ1) is 28.1. The Bertz CT molecular complexity index is 1610. The number of urea groups is 1. The molecular weight excluding hydrogens is 548 g/mol. The van der Waals surface area contributed by atoms with Crippen LogP contribution in [0, 0.1) is 0 Å². The highest BCUT2D eigenvalue weighted by molar-refractivity contribution is 7.23. The summed E-state index contributed by atoms with van der Waals surface area (Å²) in [5.41, 5.74) is 4.89. The number of hydrogen-bond donors (Lipinski definition) is 2. The van der Waals surface area contributed by atoms with Crippen LogP contribution in [0.1, 0.15) is 32.1 Å². The van der Waals surface area contributed by atoms with Crippen LogP contribution in [0.25, 0.3) is 26.4 Å². The molecule has 6 rings (SSSR count). The molecule has 0 spiro atoms. The predicted octanol–water partition coefficient (Wildman–Crippen LogP) is 6.44. The number of anilines is 2. The lowest BCUT2D eigenvalue weighted by Gasteiger charge is -2.26. The summed E-state index contributed by atoms with van der Waals surface area (Å²) in [7, 11) is 0. The maximum Gasteiger partial charge on any atom is 0.324 e. The van der Waals surface area contributed by atoms with Gasteiger partial charge < -0.3 is 14.6 Å². The van der Waals surface area contributed by atoms with Gasteiger partial charge >= 0.3 is 6.03 Å². The number of amides is 2. The Morgan fingerprint density at radius 3 is 2.55 bits per heavy atom. The van der Waals surface area contributed by atoms with Crippen LogP contribution in [0.15, 0.2) is 59.3 Å². The van der Waals surface area contributed by atoms with Crippen molar-refractivity contribution in [2.45, 2.75) is 32.6 Å². The Hall–Kier alpha value is -3.44. The largest absolute Gasteiger partial charge is 0.379 e. The van der Waals surface area contributed by atoms with E-state index in [1.807, 2.05) is 45.0 Å². The zero-order chi connectivity index (χ0) is 27.0. The zero-order valence-electron chi connectivity index (χ0n) is 22.8. The van der Waals surface area contributed by atoms with Crippen molar-refractivity contribution in [3.05, 3.63) is 66.1 Å².